The fourth-order valence-corrected chi connectivity index (χ4v) is 4.15. The van der Waals surface area contributed by atoms with Crippen molar-refractivity contribution in [1.29, 1.82) is 0 Å². The minimum atomic E-state index is 0.146. The zero-order valence-electron chi connectivity index (χ0n) is 14.6. The van der Waals surface area contributed by atoms with E-state index in [0.29, 0.717) is 18.8 Å². The molecular weight excluding hydrogens is 338 g/mol. The van der Waals surface area contributed by atoms with Crippen LogP contribution in [0.4, 0.5) is 0 Å². The van der Waals surface area contributed by atoms with Crippen molar-refractivity contribution >= 4 is 23.6 Å². The molecule has 7 heteroatoms. The topological polar surface area (TPSA) is 61.9 Å². The zero-order valence-corrected chi connectivity index (χ0v) is 15.4. The average molecular weight is 363 g/mol. The van der Waals surface area contributed by atoms with Crippen LogP contribution in [-0.4, -0.2) is 73.2 Å². The van der Waals surface area contributed by atoms with Crippen molar-refractivity contribution in [2.75, 3.05) is 45.6 Å². The lowest BCUT2D eigenvalue weighted by atomic mass is 10.0. The van der Waals surface area contributed by atoms with Crippen molar-refractivity contribution < 1.29 is 14.3 Å². The molecule has 0 bridgehead atoms. The predicted octanol–water partition coefficient (Wildman–Crippen LogP) is 1.21. The van der Waals surface area contributed by atoms with E-state index in [4.69, 9.17) is 4.74 Å². The fraction of sp³-hybridized carbons (Fsp3) is 0.556. The van der Waals surface area contributed by atoms with Crippen molar-refractivity contribution in [3.05, 3.63) is 24.3 Å². The van der Waals surface area contributed by atoms with E-state index in [0.717, 1.165) is 43.1 Å². The van der Waals surface area contributed by atoms with E-state index in [1.165, 1.54) is 0 Å². The number of carbonyl (C=O) groups is 2. The Balaban J connectivity index is 1.51. The van der Waals surface area contributed by atoms with Gasteiger partial charge in [-0.25, -0.2) is 0 Å². The molecular formula is C18H25N3O3S. The van der Waals surface area contributed by atoms with Gasteiger partial charge in [0.15, 0.2) is 0 Å². The Hall–Kier alpha value is -1.73. The van der Waals surface area contributed by atoms with E-state index in [1.54, 1.807) is 18.9 Å². The van der Waals surface area contributed by atoms with Crippen molar-refractivity contribution in [2.24, 2.45) is 0 Å². The SMILES string of the molecule is COc1ccc(SCC(=O)N2CCCC(N3CCNCC3=O)C2)cc1. The number of piperidine rings is 1. The van der Waals surface area contributed by atoms with Crippen molar-refractivity contribution in [2.45, 2.75) is 23.8 Å². The van der Waals surface area contributed by atoms with Crippen molar-refractivity contribution in [3.8, 4) is 5.75 Å². The summed E-state index contributed by atoms with van der Waals surface area (Å²) in [4.78, 5) is 29.6. The minimum absolute atomic E-state index is 0.146. The summed E-state index contributed by atoms with van der Waals surface area (Å²) in [7, 11) is 1.64. The van der Waals surface area contributed by atoms with Gasteiger partial charge < -0.3 is 19.9 Å². The average Bonchev–Trinajstić information content (AvgIpc) is 2.67. The van der Waals surface area contributed by atoms with Crippen LogP contribution in [0.1, 0.15) is 12.8 Å². The van der Waals surface area contributed by atoms with Crippen LogP contribution in [-0.2, 0) is 9.59 Å². The Morgan fingerprint density at radius 1 is 1.32 bits per heavy atom. The van der Waals surface area contributed by atoms with Gasteiger partial charge in [0.2, 0.25) is 11.8 Å². The maximum Gasteiger partial charge on any atom is 0.236 e. The van der Waals surface area contributed by atoms with Crippen LogP contribution in [0.5, 0.6) is 5.75 Å². The third-order valence-electron chi connectivity index (χ3n) is 4.74. The predicted molar refractivity (Wildman–Crippen MR) is 97.9 cm³/mol. The molecule has 6 nitrogen and oxygen atoms in total. The summed E-state index contributed by atoms with van der Waals surface area (Å²) >= 11 is 1.54. The first-order valence-electron chi connectivity index (χ1n) is 8.72. The number of nitrogens with one attached hydrogen (secondary N) is 1. The molecule has 2 aliphatic heterocycles. The highest BCUT2D eigenvalue weighted by molar-refractivity contribution is 8.00. The Bertz CT molecular complexity index is 608. The molecule has 2 fully saturated rings. The summed E-state index contributed by atoms with van der Waals surface area (Å²) < 4.78 is 5.15. The van der Waals surface area contributed by atoms with E-state index >= 15 is 0 Å². The molecule has 1 aromatic rings. The quantitative estimate of drug-likeness (QED) is 0.797. The van der Waals surface area contributed by atoms with Crippen molar-refractivity contribution in [3.63, 3.8) is 0 Å². The lowest BCUT2D eigenvalue weighted by molar-refractivity contribution is -0.139. The second kappa shape index (κ2) is 8.58. The molecule has 1 atom stereocenters. The first-order valence-corrected chi connectivity index (χ1v) is 9.71. The Kier molecular flexibility index (Phi) is 6.20. The summed E-state index contributed by atoms with van der Waals surface area (Å²) in [5.41, 5.74) is 0. The number of piperazine rings is 1. The van der Waals surface area contributed by atoms with Gasteiger partial charge in [0.1, 0.15) is 5.75 Å². The van der Waals surface area contributed by atoms with Gasteiger partial charge in [-0.15, -0.1) is 11.8 Å². The highest BCUT2D eigenvalue weighted by atomic mass is 32.2. The van der Waals surface area contributed by atoms with Crippen LogP contribution >= 0.6 is 11.8 Å². The standard InChI is InChI=1S/C18H25N3O3S/c1-24-15-4-6-16(7-5-15)25-13-18(23)20-9-2-3-14(12-20)21-10-8-19-11-17(21)22/h4-7,14,19H,2-3,8-13H2,1H3. The number of carbonyl (C=O) groups excluding carboxylic acids is 2. The molecule has 2 heterocycles. The maximum atomic E-state index is 12.6. The van der Waals surface area contributed by atoms with Gasteiger partial charge >= 0.3 is 0 Å². The summed E-state index contributed by atoms with van der Waals surface area (Å²) in [6.07, 6.45) is 1.95. The molecule has 25 heavy (non-hydrogen) atoms. The number of hydrogen-bond donors (Lipinski definition) is 1. The largest absolute Gasteiger partial charge is 0.497 e. The molecule has 136 valence electrons. The Morgan fingerprint density at radius 3 is 2.84 bits per heavy atom. The lowest BCUT2D eigenvalue weighted by Crippen LogP contribution is -2.57. The number of ether oxygens (including phenoxy) is 1. The summed E-state index contributed by atoms with van der Waals surface area (Å²) in [5.74, 6) is 1.54. The molecule has 0 aromatic heterocycles. The van der Waals surface area contributed by atoms with Gasteiger partial charge in [-0.1, -0.05) is 0 Å². The van der Waals surface area contributed by atoms with Gasteiger partial charge in [-0.2, -0.15) is 0 Å². The number of benzene rings is 1. The highest BCUT2D eigenvalue weighted by Crippen LogP contribution is 2.23. The third kappa shape index (κ3) is 4.67. The Labute approximate surface area is 152 Å². The fourth-order valence-electron chi connectivity index (χ4n) is 3.35. The zero-order chi connectivity index (χ0) is 17.6. The van der Waals surface area contributed by atoms with Crippen molar-refractivity contribution in [1.82, 2.24) is 15.1 Å². The van der Waals surface area contributed by atoms with Gasteiger partial charge in [-0.05, 0) is 37.1 Å². The second-order valence-corrected chi connectivity index (χ2v) is 7.41. The number of amides is 2. The van der Waals surface area contributed by atoms with E-state index < -0.39 is 0 Å². The number of rotatable bonds is 5. The molecule has 2 amide bonds. The van der Waals surface area contributed by atoms with E-state index in [1.807, 2.05) is 34.1 Å². The molecule has 1 N–H and O–H groups in total. The molecule has 0 radical (unpaired) electrons. The molecule has 0 saturated carbocycles. The molecule has 3 rings (SSSR count). The molecule has 2 aliphatic rings. The number of nitrogens with zero attached hydrogens (tertiary/aromatic N) is 2. The van der Waals surface area contributed by atoms with Crippen LogP contribution in [0.25, 0.3) is 0 Å². The van der Waals surface area contributed by atoms with Gasteiger partial charge in [0, 0.05) is 37.1 Å². The molecule has 0 spiro atoms. The number of hydrogen-bond acceptors (Lipinski definition) is 5. The van der Waals surface area contributed by atoms with Crippen LogP contribution < -0.4 is 10.1 Å². The van der Waals surface area contributed by atoms with E-state index in [9.17, 15) is 9.59 Å². The molecule has 1 unspecified atom stereocenters. The second-order valence-electron chi connectivity index (χ2n) is 6.36. The van der Waals surface area contributed by atoms with Gasteiger partial charge in [0.25, 0.3) is 0 Å². The summed E-state index contributed by atoms with van der Waals surface area (Å²) in [5, 5.41) is 3.10. The van der Waals surface area contributed by atoms with Gasteiger partial charge in [0.05, 0.1) is 19.4 Å². The van der Waals surface area contributed by atoms with Crippen LogP contribution in [0, 0.1) is 0 Å². The normalized spacial score (nSPS) is 21.3. The van der Waals surface area contributed by atoms with Crippen LogP contribution in [0.2, 0.25) is 0 Å². The van der Waals surface area contributed by atoms with E-state index in [2.05, 4.69) is 5.32 Å². The van der Waals surface area contributed by atoms with Crippen LogP contribution in [0.15, 0.2) is 29.2 Å². The lowest BCUT2D eigenvalue weighted by Gasteiger charge is -2.41. The van der Waals surface area contributed by atoms with Gasteiger partial charge in [-0.3, -0.25) is 9.59 Å². The highest BCUT2D eigenvalue weighted by Gasteiger charge is 2.31. The molecule has 2 saturated heterocycles. The first-order chi connectivity index (χ1) is 12.2. The molecule has 0 aliphatic carbocycles. The third-order valence-corrected chi connectivity index (χ3v) is 5.73. The minimum Gasteiger partial charge on any atom is -0.497 e. The van der Waals surface area contributed by atoms with Crippen LogP contribution in [0.3, 0.4) is 0 Å². The number of methoxy groups -OCH3 is 1. The Morgan fingerprint density at radius 2 is 2.12 bits per heavy atom. The first kappa shape index (κ1) is 18.1. The maximum absolute atomic E-state index is 12.6. The van der Waals surface area contributed by atoms with E-state index in [-0.39, 0.29) is 17.9 Å². The summed E-state index contributed by atoms with van der Waals surface area (Å²) in [6, 6.07) is 7.91. The monoisotopic (exact) mass is 363 g/mol. The molecule has 1 aromatic carbocycles. The summed E-state index contributed by atoms with van der Waals surface area (Å²) in [6.45, 7) is 3.44. The number of likely N-dealkylation sites (tertiary alicyclic amines) is 1. The number of thioether (sulfide) groups is 1. The smallest absolute Gasteiger partial charge is 0.236 e.